The van der Waals surface area contributed by atoms with Crippen LogP contribution >= 0.6 is 0 Å². The summed E-state index contributed by atoms with van der Waals surface area (Å²) >= 11 is 0. The molecule has 2 amide bonds. The highest BCUT2D eigenvalue weighted by Crippen LogP contribution is 2.26. The minimum atomic E-state index is -0.569. The number of carbonyl (C=O) groups excluding carboxylic acids is 2. The van der Waals surface area contributed by atoms with E-state index < -0.39 is 5.92 Å². The summed E-state index contributed by atoms with van der Waals surface area (Å²) in [6.07, 6.45) is 0.669. The molecule has 0 aliphatic carbocycles. The Labute approximate surface area is 117 Å². The van der Waals surface area contributed by atoms with Crippen LogP contribution in [0.5, 0.6) is 0 Å². The van der Waals surface area contributed by atoms with Crippen LogP contribution in [-0.2, 0) is 9.59 Å². The fraction of sp³-hybridized carbons (Fsp3) is 0.357. The highest BCUT2D eigenvalue weighted by Gasteiger charge is 2.31. The Morgan fingerprint density at radius 3 is 2.65 bits per heavy atom. The Kier molecular flexibility index (Phi) is 4.02. The van der Waals surface area contributed by atoms with Crippen LogP contribution in [0, 0.1) is 11.3 Å². The van der Waals surface area contributed by atoms with Crippen LogP contribution < -0.4 is 16.0 Å². The highest BCUT2D eigenvalue weighted by atomic mass is 16.2. The second-order valence-electron chi connectivity index (χ2n) is 4.68. The summed E-state index contributed by atoms with van der Waals surface area (Å²) < 4.78 is 0. The first kappa shape index (κ1) is 14.0. The third-order valence-corrected chi connectivity index (χ3v) is 3.46. The number of piperidine rings is 1. The van der Waals surface area contributed by atoms with Crippen molar-refractivity contribution in [1.82, 2.24) is 5.32 Å². The molecule has 1 aliphatic rings. The Hall–Kier alpha value is -2.37. The zero-order chi connectivity index (χ0) is 14.7. The molecule has 106 valence electrons. The molecule has 6 heteroatoms. The smallest absolute Gasteiger partial charge is 0.235 e. The maximum Gasteiger partial charge on any atom is 0.235 e. The van der Waals surface area contributed by atoms with E-state index in [1.54, 1.807) is 7.05 Å². The number of rotatable bonds is 4. The van der Waals surface area contributed by atoms with Gasteiger partial charge < -0.3 is 16.0 Å². The molecule has 0 aromatic heterocycles. The summed E-state index contributed by atoms with van der Waals surface area (Å²) in [5, 5.41) is 16.6. The fourth-order valence-electron chi connectivity index (χ4n) is 2.30. The lowest BCUT2D eigenvalue weighted by Crippen LogP contribution is -2.44. The summed E-state index contributed by atoms with van der Waals surface area (Å²) in [6.45, 7) is 0. The molecule has 1 aromatic rings. The van der Waals surface area contributed by atoms with Crippen molar-refractivity contribution in [2.75, 3.05) is 24.7 Å². The molecule has 1 unspecified atom stereocenters. The monoisotopic (exact) mass is 274 g/mol. The van der Waals surface area contributed by atoms with Gasteiger partial charge >= 0.3 is 0 Å². The lowest BCUT2D eigenvalue weighted by Gasteiger charge is -2.23. The minimum Gasteiger partial charge on any atom is -0.388 e. The fourth-order valence-corrected chi connectivity index (χ4v) is 2.30. The summed E-state index contributed by atoms with van der Waals surface area (Å²) in [6, 6.07) is 5.55. The van der Waals surface area contributed by atoms with Crippen molar-refractivity contribution < 1.29 is 9.59 Å². The van der Waals surface area contributed by atoms with E-state index in [9.17, 15) is 9.59 Å². The Morgan fingerprint density at radius 1 is 1.30 bits per heavy atom. The molecule has 1 atom stereocenters. The zero-order valence-electron chi connectivity index (χ0n) is 11.5. The topological polar surface area (TPSA) is 94.1 Å². The van der Waals surface area contributed by atoms with Gasteiger partial charge in [0.1, 0.15) is 0 Å². The maximum atomic E-state index is 11.8. The van der Waals surface area contributed by atoms with Gasteiger partial charge in [-0.05, 0) is 24.6 Å². The molecule has 1 saturated heterocycles. The van der Waals surface area contributed by atoms with E-state index >= 15 is 0 Å². The van der Waals surface area contributed by atoms with Crippen LogP contribution in [0.15, 0.2) is 18.2 Å². The summed E-state index contributed by atoms with van der Waals surface area (Å²) in [5.74, 6) is -1.22. The molecule has 20 heavy (non-hydrogen) atoms. The van der Waals surface area contributed by atoms with Crippen molar-refractivity contribution in [3.63, 3.8) is 0 Å². The van der Waals surface area contributed by atoms with Crippen molar-refractivity contribution in [2.24, 2.45) is 5.92 Å². The van der Waals surface area contributed by atoms with E-state index in [-0.39, 0.29) is 23.9 Å². The van der Waals surface area contributed by atoms with Gasteiger partial charge in [-0.2, -0.15) is 0 Å². The van der Waals surface area contributed by atoms with Crippen LogP contribution in [0.25, 0.3) is 0 Å². The normalized spacial score (nSPS) is 18.4. The molecule has 6 nitrogen and oxygen atoms in total. The molecule has 1 fully saturated rings. The number of hydrogen-bond donors (Lipinski definition) is 4. The van der Waals surface area contributed by atoms with Crippen molar-refractivity contribution in [2.45, 2.75) is 12.8 Å². The van der Waals surface area contributed by atoms with E-state index in [4.69, 9.17) is 5.41 Å². The van der Waals surface area contributed by atoms with Crippen LogP contribution in [-0.4, -0.2) is 31.6 Å². The molecule has 0 spiro atoms. The number of carbonyl (C=O) groups is 2. The van der Waals surface area contributed by atoms with Gasteiger partial charge in [0.05, 0.1) is 11.6 Å². The predicted octanol–water partition coefficient (Wildman–Crippen LogP) is 1.19. The van der Waals surface area contributed by atoms with E-state index in [2.05, 4.69) is 16.0 Å². The molecular formula is C14H18N4O2. The van der Waals surface area contributed by atoms with Crippen LogP contribution in [0.4, 0.5) is 11.4 Å². The zero-order valence-corrected chi connectivity index (χ0v) is 11.5. The van der Waals surface area contributed by atoms with E-state index in [1.807, 2.05) is 25.2 Å². The molecule has 1 aromatic carbocycles. The molecule has 0 radical (unpaired) electrons. The number of benzene rings is 1. The van der Waals surface area contributed by atoms with Crippen LogP contribution in [0.3, 0.4) is 0 Å². The van der Waals surface area contributed by atoms with Crippen LogP contribution in [0.1, 0.15) is 18.4 Å². The number of nitrogens with one attached hydrogen (secondary N) is 4. The Balaban J connectivity index is 2.29. The van der Waals surface area contributed by atoms with Gasteiger partial charge in [0, 0.05) is 37.5 Å². The molecular weight excluding hydrogens is 256 g/mol. The number of anilines is 2. The summed E-state index contributed by atoms with van der Waals surface area (Å²) in [5.41, 5.74) is 2.63. The number of imide groups is 1. The van der Waals surface area contributed by atoms with Gasteiger partial charge in [0.25, 0.3) is 0 Å². The quantitative estimate of drug-likeness (QED) is 0.490. The predicted molar refractivity (Wildman–Crippen MR) is 78.2 cm³/mol. The van der Waals surface area contributed by atoms with Gasteiger partial charge in [0.15, 0.2) is 0 Å². The average Bonchev–Trinajstić information content (AvgIpc) is 2.46. The van der Waals surface area contributed by atoms with Gasteiger partial charge in [-0.15, -0.1) is 0 Å². The van der Waals surface area contributed by atoms with Gasteiger partial charge in [-0.3, -0.25) is 14.9 Å². The highest BCUT2D eigenvalue weighted by molar-refractivity contribution is 6.17. The number of hydrogen-bond acceptors (Lipinski definition) is 5. The first-order valence-electron chi connectivity index (χ1n) is 6.49. The van der Waals surface area contributed by atoms with Gasteiger partial charge in [-0.25, -0.2) is 0 Å². The SMILES string of the molecule is CNc1ccc(C(=N)C2CCC(=O)NC2=O)c(NC)c1. The standard InChI is InChI=1S/C14H18N4O2/c1-16-8-3-4-9(11(7-8)17-2)13(15)10-5-6-12(19)18-14(10)20/h3-4,7,10,15-17H,5-6H2,1-2H3,(H,18,19,20). The van der Waals surface area contributed by atoms with E-state index in [1.165, 1.54) is 0 Å². The second-order valence-corrected chi connectivity index (χ2v) is 4.68. The second kappa shape index (κ2) is 5.73. The molecule has 4 N–H and O–H groups in total. The van der Waals surface area contributed by atoms with Crippen molar-refractivity contribution in [1.29, 1.82) is 5.41 Å². The number of amides is 2. The van der Waals surface area contributed by atoms with E-state index in [0.717, 1.165) is 11.4 Å². The summed E-state index contributed by atoms with van der Waals surface area (Å²) in [4.78, 5) is 23.0. The minimum absolute atomic E-state index is 0.238. The largest absolute Gasteiger partial charge is 0.388 e. The van der Waals surface area contributed by atoms with Gasteiger partial charge in [-0.1, -0.05) is 0 Å². The lowest BCUT2D eigenvalue weighted by molar-refractivity contribution is -0.134. The summed E-state index contributed by atoms with van der Waals surface area (Å²) in [7, 11) is 3.59. The Morgan fingerprint density at radius 2 is 2.05 bits per heavy atom. The van der Waals surface area contributed by atoms with Crippen molar-refractivity contribution in [3.8, 4) is 0 Å². The molecule has 1 aliphatic heterocycles. The van der Waals surface area contributed by atoms with Crippen LogP contribution in [0.2, 0.25) is 0 Å². The third kappa shape index (κ3) is 2.64. The molecule has 0 saturated carbocycles. The van der Waals surface area contributed by atoms with E-state index in [0.29, 0.717) is 12.0 Å². The molecule has 2 rings (SSSR count). The Bertz CT molecular complexity index is 568. The lowest BCUT2D eigenvalue weighted by atomic mass is 9.88. The maximum absolute atomic E-state index is 11.8. The first-order valence-corrected chi connectivity index (χ1v) is 6.49. The third-order valence-electron chi connectivity index (χ3n) is 3.46. The average molecular weight is 274 g/mol. The first-order chi connectivity index (χ1) is 9.56. The molecule has 0 bridgehead atoms. The van der Waals surface area contributed by atoms with Crippen molar-refractivity contribution >= 4 is 28.9 Å². The van der Waals surface area contributed by atoms with Crippen molar-refractivity contribution in [3.05, 3.63) is 23.8 Å². The molecule has 1 heterocycles. The van der Waals surface area contributed by atoms with Gasteiger partial charge in [0.2, 0.25) is 11.8 Å².